The molecule has 0 amide bonds. The van der Waals surface area contributed by atoms with Crippen molar-refractivity contribution in [1.29, 1.82) is 0 Å². The number of aliphatic hydroxyl groups is 1. The minimum absolute atomic E-state index is 0.222. The van der Waals surface area contributed by atoms with Crippen LogP contribution in [0.4, 0.5) is 0 Å². The maximum Gasteiger partial charge on any atom is 0.0497 e. The lowest BCUT2D eigenvalue weighted by Crippen LogP contribution is -1.99. The van der Waals surface area contributed by atoms with Crippen molar-refractivity contribution in [3.63, 3.8) is 0 Å². The molecule has 1 aromatic carbocycles. The molecule has 1 aromatic rings. The van der Waals surface area contributed by atoms with Gasteiger partial charge >= 0.3 is 0 Å². The summed E-state index contributed by atoms with van der Waals surface area (Å²) in [5.41, 5.74) is 2.49. The van der Waals surface area contributed by atoms with E-state index in [9.17, 15) is 0 Å². The van der Waals surface area contributed by atoms with Crippen molar-refractivity contribution >= 4 is 22.6 Å². The van der Waals surface area contributed by atoms with Gasteiger partial charge in [0, 0.05) is 16.1 Å². The third-order valence-electron chi connectivity index (χ3n) is 1.91. The summed E-state index contributed by atoms with van der Waals surface area (Å²) in [5.74, 6) is 0.249. The maximum absolute atomic E-state index is 8.97. The van der Waals surface area contributed by atoms with Crippen LogP contribution in [-0.4, -0.2) is 11.7 Å². The number of aliphatic hydroxyl groups excluding tert-OH is 1. The zero-order chi connectivity index (χ0) is 9.14. The van der Waals surface area contributed by atoms with Crippen molar-refractivity contribution in [2.24, 2.45) is 0 Å². The Morgan fingerprint density at radius 3 is 2.58 bits per heavy atom. The summed E-state index contributed by atoms with van der Waals surface area (Å²) in [6.45, 7) is 4.33. The third-order valence-corrected chi connectivity index (χ3v) is 2.53. The normalized spacial score (nSPS) is 13.0. The molecule has 1 unspecified atom stereocenters. The predicted octanol–water partition coefficient (Wildman–Crippen LogP) is 2.70. The van der Waals surface area contributed by atoms with Gasteiger partial charge in [-0.2, -0.15) is 0 Å². The lowest BCUT2D eigenvalue weighted by Gasteiger charge is -2.09. The van der Waals surface area contributed by atoms with Gasteiger partial charge in [0.1, 0.15) is 0 Å². The largest absolute Gasteiger partial charge is 0.396 e. The Kier molecular flexibility index (Phi) is 3.53. The molecule has 1 rings (SSSR count). The predicted molar refractivity (Wildman–Crippen MR) is 59.4 cm³/mol. The average molecular weight is 276 g/mol. The Morgan fingerprint density at radius 2 is 2.08 bits per heavy atom. The molecule has 1 nitrogen and oxygen atoms in total. The second kappa shape index (κ2) is 4.23. The first-order chi connectivity index (χ1) is 5.63. The molecular formula is C10H13IO. The molecule has 66 valence electrons. The van der Waals surface area contributed by atoms with Crippen LogP contribution < -0.4 is 0 Å². The van der Waals surface area contributed by atoms with Gasteiger partial charge in [-0.25, -0.2) is 0 Å². The quantitative estimate of drug-likeness (QED) is 0.823. The van der Waals surface area contributed by atoms with Crippen LogP contribution in [-0.2, 0) is 0 Å². The van der Waals surface area contributed by atoms with E-state index in [1.807, 2.05) is 6.92 Å². The summed E-state index contributed by atoms with van der Waals surface area (Å²) in [4.78, 5) is 0. The maximum atomic E-state index is 8.97. The first kappa shape index (κ1) is 9.99. The van der Waals surface area contributed by atoms with E-state index in [0.717, 1.165) is 0 Å². The van der Waals surface area contributed by atoms with Gasteiger partial charge < -0.3 is 5.11 Å². The Hall–Kier alpha value is -0.0900. The average Bonchev–Trinajstić information content (AvgIpc) is 2.01. The summed E-state index contributed by atoms with van der Waals surface area (Å²) in [6, 6.07) is 6.38. The van der Waals surface area contributed by atoms with E-state index in [0.29, 0.717) is 0 Å². The van der Waals surface area contributed by atoms with Crippen LogP contribution in [0.5, 0.6) is 0 Å². The van der Waals surface area contributed by atoms with Gasteiger partial charge in [0.15, 0.2) is 0 Å². The number of benzene rings is 1. The highest BCUT2D eigenvalue weighted by atomic mass is 127. The van der Waals surface area contributed by atoms with Gasteiger partial charge in [0.05, 0.1) is 0 Å². The Morgan fingerprint density at radius 1 is 1.42 bits per heavy atom. The molecule has 0 fully saturated rings. The van der Waals surface area contributed by atoms with Gasteiger partial charge in [0.2, 0.25) is 0 Å². The molecule has 1 atom stereocenters. The minimum atomic E-state index is 0.222. The zero-order valence-electron chi connectivity index (χ0n) is 7.34. The first-order valence-electron chi connectivity index (χ1n) is 4.01. The molecule has 0 radical (unpaired) electrons. The Bertz CT molecular complexity index is 250. The van der Waals surface area contributed by atoms with Crippen LogP contribution >= 0.6 is 22.6 Å². The van der Waals surface area contributed by atoms with Crippen molar-refractivity contribution in [2.45, 2.75) is 19.8 Å². The Balaban J connectivity index is 3.00. The lowest BCUT2D eigenvalue weighted by atomic mass is 10.0. The van der Waals surface area contributed by atoms with E-state index in [2.05, 4.69) is 47.7 Å². The van der Waals surface area contributed by atoms with Crippen molar-refractivity contribution in [3.8, 4) is 0 Å². The monoisotopic (exact) mass is 276 g/mol. The molecule has 0 heterocycles. The fourth-order valence-corrected chi connectivity index (χ4v) is 2.01. The molecule has 0 saturated carbocycles. The van der Waals surface area contributed by atoms with E-state index >= 15 is 0 Å². The number of hydrogen-bond donors (Lipinski definition) is 1. The van der Waals surface area contributed by atoms with Gasteiger partial charge in [-0.3, -0.25) is 0 Å². The topological polar surface area (TPSA) is 20.2 Å². The summed E-state index contributed by atoms with van der Waals surface area (Å²) in [5, 5.41) is 8.97. The van der Waals surface area contributed by atoms with Crippen molar-refractivity contribution in [2.75, 3.05) is 6.61 Å². The van der Waals surface area contributed by atoms with Gasteiger partial charge in [-0.1, -0.05) is 13.0 Å². The van der Waals surface area contributed by atoms with Crippen LogP contribution in [0.3, 0.4) is 0 Å². The molecule has 2 heteroatoms. The van der Waals surface area contributed by atoms with Crippen LogP contribution in [0.1, 0.15) is 24.0 Å². The standard InChI is InChI=1S/C10H13IO/c1-7-3-9(8(2)6-12)5-10(11)4-7/h3-5,8,12H,6H2,1-2H3. The molecule has 0 saturated heterocycles. The number of halogens is 1. The van der Waals surface area contributed by atoms with E-state index in [-0.39, 0.29) is 12.5 Å². The number of aryl methyl sites for hydroxylation is 1. The fraction of sp³-hybridized carbons (Fsp3) is 0.400. The third kappa shape index (κ3) is 2.45. The SMILES string of the molecule is Cc1cc(I)cc(C(C)CO)c1. The zero-order valence-corrected chi connectivity index (χ0v) is 9.50. The van der Waals surface area contributed by atoms with Gasteiger partial charge in [-0.15, -0.1) is 0 Å². The van der Waals surface area contributed by atoms with E-state index in [4.69, 9.17) is 5.11 Å². The summed E-state index contributed by atoms with van der Waals surface area (Å²) < 4.78 is 1.24. The molecule has 1 N–H and O–H groups in total. The van der Waals surface area contributed by atoms with E-state index < -0.39 is 0 Å². The highest BCUT2D eigenvalue weighted by molar-refractivity contribution is 14.1. The number of rotatable bonds is 2. The smallest absolute Gasteiger partial charge is 0.0497 e. The molecule has 0 bridgehead atoms. The van der Waals surface area contributed by atoms with Crippen molar-refractivity contribution in [1.82, 2.24) is 0 Å². The Labute approximate surface area is 86.9 Å². The second-order valence-corrected chi connectivity index (χ2v) is 4.39. The van der Waals surface area contributed by atoms with Crippen LogP contribution in [0, 0.1) is 10.5 Å². The summed E-state index contributed by atoms with van der Waals surface area (Å²) in [6.07, 6.45) is 0. The lowest BCUT2D eigenvalue weighted by molar-refractivity contribution is 0.273. The summed E-state index contributed by atoms with van der Waals surface area (Å²) in [7, 11) is 0. The van der Waals surface area contributed by atoms with Crippen molar-refractivity contribution < 1.29 is 5.11 Å². The first-order valence-corrected chi connectivity index (χ1v) is 5.09. The number of hydrogen-bond acceptors (Lipinski definition) is 1. The van der Waals surface area contributed by atoms with Gasteiger partial charge in [0.25, 0.3) is 0 Å². The molecule has 0 spiro atoms. The van der Waals surface area contributed by atoms with E-state index in [1.54, 1.807) is 0 Å². The highest BCUT2D eigenvalue weighted by Gasteiger charge is 2.04. The molecule has 0 aliphatic carbocycles. The second-order valence-electron chi connectivity index (χ2n) is 3.15. The van der Waals surface area contributed by atoms with Crippen LogP contribution in [0.2, 0.25) is 0 Å². The molecule has 0 aliphatic rings. The van der Waals surface area contributed by atoms with Crippen LogP contribution in [0.15, 0.2) is 18.2 Å². The molecule has 12 heavy (non-hydrogen) atoms. The molecule has 0 aromatic heterocycles. The molecular weight excluding hydrogens is 263 g/mol. The van der Waals surface area contributed by atoms with Gasteiger partial charge in [-0.05, 0) is 52.8 Å². The highest BCUT2D eigenvalue weighted by Crippen LogP contribution is 2.19. The minimum Gasteiger partial charge on any atom is -0.396 e. The van der Waals surface area contributed by atoms with Crippen LogP contribution in [0.25, 0.3) is 0 Å². The molecule has 0 aliphatic heterocycles. The van der Waals surface area contributed by atoms with Crippen molar-refractivity contribution in [3.05, 3.63) is 32.9 Å². The summed E-state index contributed by atoms with van der Waals surface area (Å²) >= 11 is 2.30. The fourth-order valence-electron chi connectivity index (χ4n) is 1.15. The van der Waals surface area contributed by atoms with E-state index in [1.165, 1.54) is 14.7 Å².